The van der Waals surface area contributed by atoms with E-state index in [9.17, 15) is 4.79 Å². The third-order valence-electron chi connectivity index (χ3n) is 6.84. The van der Waals surface area contributed by atoms with Gasteiger partial charge in [0, 0.05) is 22.7 Å². The standard InChI is InChI=1S/C27H28ClN3O3/c1-27(2,3)34-26(32)31-10-4-5-22(31)25-29-21-9-6-15-11-19-16(12-20(15)24(21)30-25)14-33-23-13-17(28)7-8-18(19)23/h7-8,11-13,22H,4-6,9-10,14H2,1-3H3,(H,29,30)/t22-/m0/s1. The first-order chi connectivity index (χ1) is 16.3. The Morgan fingerprint density at radius 1 is 1.15 bits per heavy atom. The van der Waals surface area contributed by atoms with Gasteiger partial charge in [-0.05, 0) is 93.5 Å². The van der Waals surface area contributed by atoms with Crippen LogP contribution < -0.4 is 4.74 Å². The summed E-state index contributed by atoms with van der Waals surface area (Å²) in [6.45, 7) is 6.90. The number of imidazole rings is 1. The molecule has 34 heavy (non-hydrogen) atoms. The molecule has 176 valence electrons. The first-order valence-corrected chi connectivity index (χ1v) is 12.3. The number of aromatic amines is 1. The summed E-state index contributed by atoms with van der Waals surface area (Å²) in [5.74, 6) is 1.69. The molecule has 3 aromatic rings. The lowest BCUT2D eigenvalue weighted by Crippen LogP contribution is -2.36. The van der Waals surface area contributed by atoms with E-state index in [1.54, 1.807) is 0 Å². The van der Waals surface area contributed by atoms with Gasteiger partial charge in [-0.1, -0.05) is 11.6 Å². The van der Waals surface area contributed by atoms with E-state index in [1.165, 1.54) is 16.7 Å². The number of amides is 1. The molecule has 3 heterocycles. The molecule has 0 spiro atoms. The highest BCUT2D eigenvalue weighted by Gasteiger charge is 2.36. The summed E-state index contributed by atoms with van der Waals surface area (Å²) in [7, 11) is 0. The van der Waals surface area contributed by atoms with Gasteiger partial charge in [0.15, 0.2) is 0 Å². The summed E-state index contributed by atoms with van der Waals surface area (Å²) in [5, 5.41) is 0.683. The Bertz CT molecular complexity index is 1310. The van der Waals surface area contributed by atoms with Gasteiger partial charge in [-0.3, -0.25) is 4.90 Å². The zero-order chi connectivity index (χ0) is 23.6. The normalized spacial score (nSPS) is 18.5. The Morgan fingerprint density at radius 2 is 1.97 bits per heavy atom. The molecule has 1 aromatic heterocycles. The number of benzene rings is 2. The molecule has 6 rings (SSSR count). The van der Waals surface area contributed by atoms with Crippen molar-refractivity contribution in [2.24, 2.45) is 0 Å². The molecule has 2 aromatic carbocycles. The number of aromatic nitrogens is 2. The molecule has 1 atom stereocenters. The maximum atomic E-state index is 12.8. The summed E-state index contributed by atoms with van der Waals surface area (Å²) >= 11 is 6.17. The van der Waals surface area contributed by atoms with E-state index < -0.39 is 5.60 Å². The SMILES string of the molecule is CC(C)(C)OC(=O)N1CCC[C@H]1c1nc2c([nH]1)-c1cc3c(cc1CC2)-c1ccc(Cl)cc1OC3. The molecular formula is C27H28ClN3O3. The molecule has 1 amide bonds. The van der Waals surface area contributed by atoms with Gasteiger partial charge in [0.2, 0.25) is 0 Å². The van der Waals surface area contributed by atoms with E-state index in [1.807, 2.05) is 43.9 Å². The van der Waals surface area contributed by atoms with Gasteiger partial charge in [-0.2, -0.15) is 0 Å². The number of nitrogens with zero attached hydrogens (tertiary/aromatic N) is 2. The van der Waals surface area contributed by atoms with Gasteiger partial charge in [0.05, 0.1) is 17.4 Å². The van der Waals surface area contributed by atoms with Gasteiger partial charge < -0.3 is 14.5 Å². The zero-order valence-corrected chi connectivity index (χ0v) is 20.5. The van der Waals surface area contributed by atoms with E-state index in [0.29, 0.717) is 18.2 Å². The number of aryl methyl sites for hydroxylation is 2. The summed E-state index contributed by atoms with van der Waals surface area (Å²) in [6.07, 6.45) is 3.37. The van der Waals surface area contributed by atoms with Gasteiger partial charge >= 0.3 is 6.09 Å². The number of carbonyl (C=O) groups excluding carboxylic acids is 1. The molecule has 0 radical (unpaired) electrons. The van der Waals surface area contributed by atoms with E-state index in [4.69, 9.17) is 26.1 Å². The number of rotatable bonds is 1. The van der Waals surface area contributed by atoms with Crippen molar-refractivity contribution in [3.8, 4) is 28.1 Å². The van der Waals surface area contributed by atoms with Crippen LogP contribution in [-0.2, 0) is 24.2 Å². The average molecular weight is 478 g/mol. The van der Waals surface area contributed by atoms with Crippen molar-refractivity contribution in [2.75, 3.05) is 6.54 Å². The van der Waals surface area contributed by atoms with Gasteiger partial charge in [-0.25, -0.2) is 9.78 Å². The fraction of sp³-hybridized carbons (Fsp3) is 0.407. The molecule has 0 unspecified atom stereocenters. The molecule has 0 saturated carbocycles. The Balaban J connectivity index is 1.35. The van der Waals surface area contributed by atoms with Crippen LogP contribution in [0.3, 0.4) is 0 Å². The molecule has 2 aliphatic heterocycles. The smallest absolute Gasteiger partial charge is 0.410 e. The highest BCUT2D eigenvalue weighted by molar-refractivity contribution is 6.30. The van der Waals surface area contributed by atoms with Crippen molar-refractivity contribution in [1.82, 2.24) is 14.9 Å². The van der Waals surface area contributed by atoms with Crippen LogP contribution in [0.25, 0.3) is 22.4 Å². The number of nitrogens with one attached hydrogen (secondary N) is 1. The third kappa shape index (κ3) is 3.65. The minimum atomic E-state index is -0.517. The highest BCUT2D eigenvalue weighted by Crippen LogP contribution is 2.44. The van der Waals surface area contributed by atoms with Crippen molar-refractivity contribution in [3.63, 3.8) is 0 Å². The Kier molecular flexibility index (Phi) is 4.92. The largest absolute Gasteiger partial charge is 0.488 e. The first kappa shape index (κ1) is 21.5. The second-order valence-electron chi connectivity index (χ2n) is 10.4. The number of H-pyrrole nitrogens is 1. The minimum absolute atomic E-state index is 0.0820. The molecule has 1 aliphatic carbocycles. The predicted molar refractivity (Wildman–Crippen MR) is 131 cm³/mol. The number of fused-ring (bicyclic) bond motifs is 6. The fourth-order valence-electron chi connectivity index (χ4n) is 5.33. The fourth-order valence-corrected chi connectivity index (χ4v) is 5.49. The number of hydrogen-bond acceptors (Lipinski definition) is 4. The first-order valence-electron chi connectivity index (χ1n) is 11.9. The Morgan fingerprint density at radius 3 is 2.79 bits per heavy atom. The summed E-state index contributed by atoms with van der Waals surface area (Å²) in [6, 6.07) is 10.3. The molecule has 7 heteroatoms. The van der Waals surface area contributed by atoms with E-state index in [-0.39, 0.29) is 12.1 Å². The number of likely N-dealkylation sites (tertiary alicyclic amines) is 1. The molecule has 1 fully saturated rings. The van der Waals surface area contributed by atoms with Crippen LogP contribution in [0.2, 0.25) is 5.02 Å². The summed E-state index contributed by atoms with van der Waals surface area (Å²) in [4.78, 5) is 23.2. The van der Waals surface area contributed by atoms with Crippen molar-refractivity contribution in [3.05, 3.63) is 58.0 Å². The van der Waals surface area contributed by atoms with Crippen molar-refractivity contribution in [2.45, 2.75) is 64.7 Å². The minimum Gasteiger partial charge on any atom is -0.488 e. The van der Waals surface area contributed by atoms with E-state index in [2.05, 4.69) is 17.1 Å². The number of carbonyl (C=O) groups is 1. The number of halogens is 1. The lowest BCUT2D eigenvalue weighted by atomic mass is 9.86. The van der Waals surface area contributed by atoms with Gasteiger partial charge in [0.1, 0.15) is 23.8 Å². The maximum Gasteiger partial charge on any atom is 0.410 e. The lowest BCUT2D eigenvalue weighted by Gasteiger charge is -2.27. The van der Waals surface area contributed by atoms with Crippen molar-refractivity contribution >= 4 is 17.7 Å². The molecule has 0 bridgehead atoms. The van der Waals surface area contributed by atoms with Crippen LogP contribution in [0, 0.1) is 0 Å². The van der Waals surface area contributed by atoms with Crippen LogP contribution in [0.4, 0.5) is 4.79 Å². The van der Waals surface area contributed by atoms with Crippen LogP contribution >= 0.6 is 11.6 Å². The monoisotopic (exact) mass is 477 g/mol. The van der Waals surface area contributed by atoms with Crippen LogP contribution in [0.5, 0.6) is 5.75 Å². The van der Waals surface area contributed by atoms with Crippen LogP contribution in [0.1, 0.15) is 62.3 Å². The number of hydrogen-bond donors (Lipinski definition) is 1. The molecule has 3 aliphatic rings. The average Bonchev–Trinajstić information content (AvgIpc) is 3.43. The molecule has 1 N–H and O–H groups in total. The van der Waals surface area contributed by atoms with Crippen LogP contribution in [0.15, 0.2) is 30.3 Å². The summed E-state index contributed by atoms with van der Waals surface area (Å²) < 4.78 is 11.7. The Hall–Kier alpha value is -2.99. The van der Waals surface area contributed by atoms with Gasteiger partial charge in [0.25, 0.3) is 0 Å². The van der Waals surface area contributed by atoms with Crippen molar-refractivity contribution < 1.29 is 14.3 Å². The highest BCUT2D eigenvalue weighted by atomic mass is 35.5. The molecule has 6 nitrogen and oxygen atoms in total. The zero-order valence-electron chi connectivity index (χ0n) is 19.7. The van der Waals surface area contributed by atoms with E-state index >= 15 is 0 Å². The van der Waals surface area contributed by atoms with Crippen molar-refractivity contribution in [1.29, 1.82) is 0 Å². The van der Waals surface area contributed by atoms with Gasteiger partial charge in [-0.15, -0.1) is 0 Å². The third-order valence-corrected chi connectivity index (χ3v) is 7.08. The summed E-state index contributed by atoms with van der Waals surface area (Å²) in [5.41, 5.74) is 7.57. The predicted octanol–water partition coefficient (Wildman–Crippen LogP) is 6.46. The van der Waals surface area contributed by atoms with E-state index in [0.717, 1.165) is 59.8 Å². The number of ether oxygens (including phenoxy) is 2. The molecular weight excluding hydrogens is 450 g/mol. The maximum absolute atomic E-state index is 12.8. The second kappa shape index (κ2) is 7.77. The van der Waals surface area contributed by atoms with Crippen LogP contribution in [-0.4, -0.2) is 33.1 Å². The lowest BCUT2D eigenvalue weighted by molar-refractivity contribution is 0.0218. The topological polar surface area (TPSA) is 67.5 Å². The second-order valence-corrected chi connectivity index (χ2v) is 10.8. The Labute approximate surface area is 204 Å². The molecule has 1 saturated heterocycles. The quantitative estimate of drug-likeness (QED) is 0.436.